The quantitative estimate of drug-likeness (QED) is 0.133. The molecule has 1 aliphatic rings. The molecule has 3 aromatic rings. The number of anilines is 1. The number of aromatic nitrogens is 4. The number of ether oxygens (including phenoxy) is 1. The number of nitrogens with two attached hydrogens (primary N) is 3. The van der Waals surface area contributed by atoms with Gasteiger partial charge in [0.2, 0.25) is 5.91 Å². The van der Waals surface area contributed by atoms with E-state index < -0.39 is 56.9 Å². The van der Waals surface area contributed by atoms with E-state index in [0.717, 1.165) is 0 Å². The largest absolute Gasteiger partial charge is 0.481 e. The Labute approximate surface area is 212 Å². The first-order chi connectivity index (χ1) is 17.7. The maximum atomic E-state index is 10.7. The average Bonchev–Trinajstić information content (AvgIpc) is 3.54. The minimum atomic E-state index is -4.72. The Morgan fingerprint density at radius 3 is 2.37 bits per heavy atom. The number of primary amides is 1. The van der Waals surface area contributed by atoms with Gasteiger partial charge >= 0.3 is 13.8 Å². The van der Waals surface area contributed by atoms with Crippen molar-refractivity contribution in [1.82, 2.24) is 19.5 Å². The molecule has 20 heteroatoms. The number of carbonyl (C=O) groups is 2. The molecule has 0 spiro atoms. The lowest BCUT2D eigenvalue weighted by Gasteiger charge is -2.16. The third kappa shape index (κ3) is 8.71. The van der Waals surface area contributed by atoms with Gasteiger partial charge in [0.15, 0.2) is 17.7 Å². The van der Waals surface area contributed by atoms with Crippen LogP contribution in [-0.4, -0.2) is 92.6 Å². The van der Waals surface area contributed by atoms with Crippen molar-refractivity contribution >= 4 is 36.7 Å². The third-order valence-corrected chi connectivity index (χ3v) is 5.14. The summed E-state index contributed by atoms with van der Waals surface area (Å²) in [6.45, 7) is -0.594. The molecule has 0 radical (unpaired) electrons. The molecule has 19 nitrogen and oxygen atoms in total. The molecule has 0 bridgehead atoms. The Hall–Kier alpha value is -3.68. The second kappa shape index (κ2) is 13.2. The first kappa shape index (κ1) is 30.5. The number of aromatic hydroxyl groups is 1. The van der Waals surface area contributed by atoms with Crippen molar-refractivity contribution in [1.29, 1.82) is 0 Å². The number of carboxylic acids is 1. The number of amides is 1. The topological polar surface area (TPSA) is 326 Å². The monoisotopic (exact) mass is 563 g/mol. The van der Waals surface area contributed by atoms with E-state index in [1.807, 2.05) is 0 Å². The van der Waals surface area contributed by atoms with Crippen molar-refractivity contribution in [2.24, 2.45) is 11.5 Å². The van der Waals surface area contributed by atoms with Gasteiger partial charge in [0.05, 0.1) is 25.6 Å². The fourth-order valence-electron chi connectivity index (χ4n) is 2.90. The number of phosphoric acid groups is 1. The lowest BCUT2D eigenvalue weighted by Crippen LogP contribution is -2.34. The van der Waals surface area contributed by atoms with Crippen molar-refractivity contribution in [3.8, 4) is 5.95 Å². The van der Waals surface area contributed by atoms with E-state index in [1.165, 1.54) is 29.6 Å². The zero-order valence-electron chi connectivity index (χ0n) is 19.3. The van der Waals surface area contributed by atoms with Crippen molar-refractivity contribution < 1.29 is 58.0 Å². The van der Waals surface area contributed by atoms with Gasteiger partial charge in [0.1, 0.15) is 36.2 Å². The fraction of sp³-hybridized carbons (Fsp3) is 0.389. The van der Waals surface area contributed by atoms with Crippen LogP contribution in [0.25, 0.3) is 11.2 Å². The van der Waals surface area contributed by atoms with Crippen LogP contribution in [0, 0.1) is 0 Å². The molecule has 4 heterocycles. The Kier molecular flexibility index (Phi) is 10.6. The SMILES string of the molecule is NC(=O)CC(N)C(=O)O.Nc1ncnc2c1ncn2[C@@H]1O[C@H](COP(=O)(O)O)[C@@H](O)[C@H]1O.Oc1ccco1. The van der Waals surface area contributed by atoms with Gasteiger partial charge in [0.25, 0.3) is 5.95 Å². The van der Waals surface area contributed by atoms with Crippen LogP contribution in [0.3, 0.4) is 0 Å². The number of aliphatic carboxylic acids is 1. The van der Waals surface area contributed by atoms with Crippen LogP contribution in [0.2, 0.25) is 0 Å². The van der Waals surface area contributed by atoms with E-state index in [-0.39, 0.29) is 23.8 Å². The van der Waals surface area contributed by atoms with Crippen LogP contribution in [0.5, 0.6) is 5.95 Å². The van der Waals surface area contributed by atoms with Crippen LogP contribution < -0.4 is 17.2 Å². The summed E-state index contributed by atoms with van der Waals surface area (Å²) in [5.41, 5.74) is 15.8. The Morgan fingerprint density at radius 1 is 1.21 bits per heavy atom. The summed E-state index contributed by atoms with van der Waals surface area (Å²) >= 11 is 0. The van der Waals surface area contributed by atoms with Gasteiger partial charge in [-0.2, -0.15) is 0 Å². The molecule has 0 aromatic carbocycles. The predicted octanol–water partition coefficient (Wildman–Crippen LogP) is -2.60. The smallest absolute Gasteiger partial charge is 0.469 e. The summed E-state index contributed by atoms with van der Waals surface area (Å²) in [5, 5.41) is 36.5. The summed E-state index contributed by atoms with van der Waals surface area (Å²) in [6, 6.07) is 1.93. The number of fused-ring (bicyclic) bond motifs is 1. The van der Waals surface area contributed by atoms with Crippen LogP contribution in [0.1, 0.15) is 12.6 Å². The number of aliphatic hydroxyl groups excluding tert-OH is 2. The summed E-state index contributed by atoms with van der Waals surface area (Å²) in [5.74, 6) is -1.81. The summed E-state index contributed by atoms with van der Waals surface area (Å²) in [7, 11) is -4.72. The van der Waals surface area contributed by atoms with Crippen LogP contribution in [0.4, 0.5) is 5.82 Å². The number of rotatable bonds is 7. The molecular weight excluding hydrogens is 537 g/mol. The molecule has 12 N–H and O–H groups in total. The van der Waals surface area contributed by atoms with Gasteiger partial charge in [-0.15, -0.1) is 0 Å². The van der Waals surface area contributed by atoms with Crippen LogP contribution in [0.15, 0.2) is 35.5 Å². The number of carboxylic acid groups (broad SMARTS) is 1. The molecular formula is C18H26N7O12P. The van der Waals surface area contributed by atoms with Gasteiger partial charge in [0, 0.05) is 6.07 Å². The molecule has 210 valence electrons. The van der Waals surface area contributed by atoms with Crippen molar-refractivity contribution in [3.63, 3.8) is 0 Å². The Morgan fingerprint density at radius 2 is 1.89 bits per heavy atom. The molecule has 1 fully saturated rings. The van der Waals surface area contributed by atoms with Gasteiger partial charge in [-0.3, -0.25) is 18.7 Å². The molecule has 1 aliphatic heterocycles. The van der Waals surface area contributed by atoms with Crippen molar-refractivity contribution in [2.45, 2.75) is 37.0 Å². The average molecular weight is 563 g/mol. The van der Waals surface area contributed by atoms with Gasteiger partial charge < -0.3 is 56.6 Å². The second-order valence-electron chi connectivity index (χ2n) is 7.48. The number of nitrogen functional groups attached to an aromatic ring is 1. The number of hydrogen-bond donors (Lipinski definition) is 9. The van der Waals surface area contributed by atoms with E-state index in [0.29, 0.717) is 5.52 Å². The highest BCUT2D eigenvalue weighted by Gasteiger charge is 2.45. The van der Waals surface area contributed by atoms with Gasteiger partial charge in [-0.25, -0.2) is 19.5 Å². The van der Waals surface area contributed by atoms with Gasteiger partial charge in [-0.05, 0) is 6.07 Å². The third-order valence-electron chi connectivity index (χ3n) is 4.65. The maximum Gasteiger partial charge on any atom is 0.469 e. The zero-order valence-corrected chi connectivity index (χ0v) is 20.2. The highest BCUT2D eigenvalue weighted by atomic mass is 31.2. The molecule has 0 saturated carbocycles. The maximum absolute atomic E-state index is 10.7. The number of imidazole rings is 1. The lowest BCUT2D eigenvalue weighted by atomic mass is 10.1. The molecule has 0 aliphatic carbocycles. The first-order valence-corrected chi connectivity index (χ1v) is 11.9. The molecule has 38 heavy (non-hydrogen) atoms. The number of hydrogen-bond acceptors (Lipinski definition) is 14. The second-order valence-corrected chi connectivity index (χ2v) is 8.72. The molecule has 1 unspecified atom stereocenters. The summed E-state index contributed by atoms with van der Waals surface area (Å²) in [4.78, 5) is 49.1. The minimum Gasteiger partial charge on any atom is -0.481 e. The highest BCUT2D eigenvalue weighted by molar-refractivity contribution is 7.46. The molecule has 4 rings (SSSR count). The highest BCUT2D eigenvalue weighted by Crippen LogP contribution is 2.38. The number of furan rings is 1. The molecule has 1 amide bonds. The normalized spacial score (nSPS) is 21.6. The number of carbonyl (C=O) groups excluding carboxylic acids is 1. The van der Waals surface area contributed by atoms with Crippen molar-refractivity contribution in [3.05, 3.63) is 31.1 Å². The molecule has 3 aromatic heterocycles. The van der Waals surface area contributed by atoms with E-state index in [9.17, 15) is 24.4 Å². The molecule has 1 saturated heterocycles. The number of phosphoric ester groups is 1. The predicted molar refractivity (Wildman–Crippen MR) is 123 cm³/mol. The Bertz CT molecular complexity index is 1250. The lowest BCUT2D eigenvalue weighted by molar-refractivity contribution is -0.140. The van der Waals surface area contributed by atoms with E-state index in [1.54, 1.807) is 6.07 Å². The molecule has 5 atom stereocenters. The minimum absolute atomic E-state index is 0.0324. The fourth-order valence-corrected chi connectivity index (χ4v) is 3.24. The van der Waals surface area contributed by atoms with E-state index >= 15 is 0 Å². The van der Waals surface area contributed by atoms with Crippen LogP contribution >= 0.6 is 7.82 Å². The van der Waals surface area contributed by atoms with Crippen molar-refractivity contribution in [2.75, 3.05) is 12.3 Å². The number of nitrogens with zero attached hydrogens (tertiary/aromatic N) is 4. The van der Waals surface area contributed by atoms with Gasteiger partial charge in [-0.1, -0.05) is 0 Å². The van der Waals surface area contributed by atoms with E-state index in [4.69, 9.17) is 36.2 Å². The van der Waals surface area contributed by atoms with Crippen LogP contribution in [-0.2, 0) is 23.4 Å². The Balaban J connectivity index is 0.000000277. The summed E-state index contributed by atoms with van der Waals surface area (Å²) < 4.78 is 26.2. The number of aliphatic hydroxyl groups is 2. The summed E-state index contributed by atoms with van der Waals surface area (Å²) in [6.07, 6.45) is -1.39. The standard InChI is InChI=1S/C10H14N5O7P.C4H8N2O3.C4H4O2/c11-8-5-9(13-2-12-8)15(3-14-5)10-7(17)6(16)4(22-10)1-21-23(18,19)20;5-2(4(8)9)1-3(6)7;5-4-2-1-3-6-4/h2-4,6-7,10,16-17H,1H2,(H2,11,12,13)(H2,18,19,20);2H,1,5H2,(H2,6,7)(H,8,9);1-3,5H/t4-,6-,7-,10-;;/m1../s1. The zero-order chi connectivity index (χ0) is 28.6. The van der Waals surface area contributed by atoms with E-state index in [2.05, 4.69) is 29.6 Å². The first-order valence-electron chi connectivity index (χ1n) is 10.3.